The number of nitrogens with one attached hydrogen (secondary N) is 1. The summed E-state index contributed by atoms with van der Waals surface area (Å²) in [5, 5.41) is 7.17. The normalized spacial score (nSPS) is 18.9. The molecule has 7 heteroatoms. The Balaban J connectivity index is 1.58. The molecule has 2 aromatic rings. The third-order valence-electron chi connectivity index (χ3n) is 5.05. The highest BCUT2D eigenvalue weighted by atomic mass is 16.5. The largest absolute Gasteiger partial charge is 0.497 e. The third-order valence-corrected chi connectivity index (χ3v) is 5.05. The first-order chi connectivity index (χ1) is 13.1. The van der Waals surface area contributed by atoms with Crippen LogP contribution in [0.25, 0.3) is 11.4 Å². The number of hydrogen-bond acceptors (Lipinski definition) is 6. The van der Waals surface area contributed by atoms with Gasteiger partial charge < -0.3 is 14.6 Å². The number of aromatic nitrogens is 2. The lowest BCUT2D eigenvalue weighted by Crippen LogP contribution is -2.44. The van der Waals surface area contributed by atoms with Crippen LogP contribution >= 0.6 is 0 Å². The summed E-state index contributed by atoms with van der Waals surface area (Å²) >= 11 is 0. The zero-order chi connectivity index (χ0) is 19.2. The summed E-state index contributed by atoms with van der Waals surface area (Å²) in [6, 6.07) is 7.77. The topological polar surface area (TPSA) is 80.5 Å². The van der Waals surface area contributed by atoms with Gasteiger partial charge in [0.05, 0.1) is 19.6 Å². The van der Waals surface area contributed by atoms with Crippen molar-refractivity contribution in [3.63, 3.8) is 0 Å². The van der Waals surface area contributed by atoms with Crippen molar-refractivity contribution in [2.45, 2.75) is 45.7 Å². The molecule has 1 fully saturated rings. The minimum absolute atomic E-state index is 0.0248. The Kier molecular flexibility index (Phi) is 6.45. The molecule has 3 rings (SSSR count). The van der Waals surface area contributed by atoms with E-state index in [0.29, 0.717) is 18.3 Å². The summed E-state index contributed by atoms with van der Waals surface area (Å²) in [5.74, 6) is 2.10. The van der Waals surface area contributed by atoms with Crippen molar-refractivity contribution in [1.29, 1.82) is 0 Å². The second-order valence-electron chi connectivity index (χ2n) is 7.13. The van der Waals surface area contributed by atoms with Gasteiger partial charge >= 0.3 is 0 Å². The second-order valence-corrected chi connectivity index (χ2v) is 7.13. The van der Waals surface area contributed by atoms with Crippen LogP contribution in [0.15, 0.2) is 28.8 Å². The highest BCUT2D eigenvalue weighted by Crippen LogP contribution is 2.22. The molecule has 0 spiro atoms. The molecule has 1 amide bonds. The van der Waals surface area contributed by atoms with Crippen LogP contribution in [0.2, 0.25) is 0 Å². The molecule has 27 heavy (non-hydrogen) atoms. The molecule has 0 aliphatic carbocycles. The van der Waals surface area contributed by atoms with Crippen LogP contribution in [0.5, 0.6) is 5.75 Å². The van der Waals surface area contributed by atoms with Gasteiger partial charge in [-0.15, -0.1) is 0 Å². The summed E-state index contributed by atoms with van der Waals surface area (Å²) in [7, 11) is 1.64. The summed E-state index contributed by atoms with van der Waals surface area (Å²) in [5.41, 5.74) is 0.884. The number of amides is 1. The minimum atomic E-state index is 0.0248. The van der Waals surface area contributed by atoms with E-state index in [1.54, 1.807) is 7.11 Å². The van der Waals surface area contributed by atoms with Gasteiger partial charge in [0.1, 0.15) is 5.75 Å². The molecule has 0 bridgehead atoms. The molecule has 1 aromatic heterocycles. The summed E-state index contributed by atoms with van der Waals surface area (Å²) in [6.07, 6.45) is 2.87. The van der Waals surface area contributed by atoms with Crippen molar-refractivity contribution in [1.82, 2.24) is 20.4 Å². The fraction of sp³-hybridized carbons (Fsp3) is 0.550. The molecule has 1 aromatic carbocycles. The van der Waals surface area contributed by atoms with Gasteiger partial charge in [0, 0.05) is 18.2 Å². The molecule has 0 saturated carbocycles. The molecule has 0 radical (unpaired) electrons. The summed E-state index contributed by atoms with van der Waals surface area (Å²) in [6.45, 7) is 6.35. The highest BCUT2D eigenvalue weighted by Gasteiger charge is 2.27. The van der Waals surface area contributed by atoms with E-state index in [1.807, 2.05) is 31.2 Å². The van der Waals surface area contributed by atoms with Crippen LogP contribution in [-0.4, -0.2) is 47.2 Å². The molecule has 1 aliphatic rings. The zero-order valence-electron chi connectivity index (χ0n) is 16.3. The van der Waals surface area contributed by atoms with E-state index < -0.39 is 0 Å². The van der Waals surface area contributed by atoms with E-state index >= 15 is 0 Å². The van der Waals surface area contributed by atoms with Crippen LogP contribution in [0.1, 0.15) is 39.0 Å². The number of likely N-dealkylation sites (tertiary alicyclic amines) is 1. The number of nitrogens with zero attached hydrogens (tertiary/aromatic N) is 3. The zero-order valence-corrected chi connectivity index (χ0v) is 16.3. The van der Waals surface area contributed by atoms with Gasteiger partial charge in [-0.1, -0.05) is 12.1 Å². The van der Waals surface area contributed by atoms with Crippen molar-refractivity contribution in [2.24, 2.45) is 5.92 Å². The van der Waals surface area contributed by atoms with Gasteiger partial charge in [0.15, 0.2) is 0 Å². The monoisotopic (exact) mass is 372 g/mol. The fourth-order valence-corrected chi connectivity index (χ4v) is 3.24. The average molecular weight is 372 g/mol. The van der Waals surface area contributed by atoms with Crippen LogP contribution in [0.3, 0.4) is 0 Å². The van der Waals surface area contributed by atoms with Gasteiger partial charge in [-0.2, -0.15) is 4.98 Å². The van der Waals surface area contributed by atoms with Crippen LogP contribution in [0.4, 0.5) is 0 Å². The molecule has 2 heterocycles. The van der Waals surface area contributed by atoms with E-state index in [1.165, 1.54) is 0 Å². The first-order valence-electron chi connectivity index (χ1n) is 9.58. The lowest BCUT2D eigenvalue weighted by atomic mass is 9.96. The van der Waals surface area contributed by atoms with Gasteiger partial charge in [-0.05, 0) is 57.0 Å². The lowest BCUT2D eigenvalue weighted by molar-refractivity contribution is -0.127. The predicted molar refractivity (Wildman–Crippen MR) is 102 cm³/mol. The van der Waals surface area contributed by atoms with Crippen LogP contribution < -0.4 is 10.1 Å². The molecular formula is C20H28N4O3. The van der Waals surface area contributed by atoms with Gasteiger partial charge in [0.25, 0.3) is 0 Å². The fourth-order valence-electron chi connectivity index (χ4n) is 3.24. The number of benzene rings is 1. The Labute approximate surface area is 160 Å². The maximum atomic E-state index is 12.4. The smallest absolute Gasteiger partial charge is 0.241 e. The van der Waals surface area contributed by atoms with Crippen molar-refractivity contribution in [3.8, 4) is 17.1 Å². The van der Waals surface area contributed by atoms with E-state index in [2.05, 4.69) is 27.3 Å². The van der Waals surface area contributed by atoms with Crippen LogP contribution in [0, 0.1) is 5.92 Å². The number of carbonyl (C=O) groups excluding carboxylic acids is 1. The maximum absolute atomic E-state index is 12.4. The Morgan fingerprint density at radius 3 is 2.89 bits per heavy atom. The highest BCUT2D eigenvalue weighted by molar-refractivity contribution is 5.79. The molecule has 1 N–H and O–H groups in total. The van der Waals surface area contributed by atoms with Crippen LogP contribution in [-0.2, 0) is 11.3 Å². The number of hydrogen-bond donors (Lipinski definition) is 1. The number of methoxy groups -OCH3 is 1. The minimum Gasteiger partial charge on any atom is -0.497 e. The van der Waals surface area contributed by atoms with E-state index in [-0.39, 0.29) is 17.9 Å². The molecule has 7 nitrogen and oxygen atoms in total. The van der Waals surface area contributed by atoms with Crippen molar-refractivity contribution >= 4 is 5.91 Å². The SMILES string of the molecule is CCC(C)NC(=O)C1CCCN(Cc2nc(-c3ccc(OC)cc3)no2)C1. The van der Waals surface area contributed by atoms with E-state index in [9.17, 15) is 4.79 Å². The predicted octanol–water partition coefficient (Wildman–Crippen LogP) is 2.87. The second kappa shape index (κ2) is 8.99. The molecular weight excluding hydrogens is 344 g/mol. The Morgan fingerprint density at radius 2 is 2.19 bits per heavy atom. The number of rotatable bonds is 7. The Hall–Kier alpha value is -2.41. The number of piperidine rings is 1. The average Bonchev–Trinajstić information content (AvgIpc) is 3.16. The molecule has 1 saturated heterocycles. The number of ether oxygens (including phenoxy) is 1. The molecule has 2 unspecified atom stereocenters. The lowest BCUT2D eigenvalue weighted by Gasteiger charge is -2.31. The van der Waals surface area contributed by atoms with Gasteiger partial charge in [0.2, 0.25) is 17.6 Å². The van der Waals surface area contributed by atoms with E-state index in [0.717, 1.165) is 43.7 Å². The maximum Gasteiger partial charge on any atom is 0.241 e. The first-order valence-corrected chi connectivity index (χ1v) is 9.58. The molecule has 2 atom stereocenters. The summed E-state index contributed by atoms with van der Waals surface area (Å²) in [4.78, 5) is 19.1. The molecule has 146 valence electrons. The Bertz CT molecular complexity index is 744. The molecule has 1 aliphatic heterocycles. The van der Waals surface area contributed by atoms with Crippen molar-refractivity contribution < 1.29 is 14.1 Å². The Morgan fingerprint density at radius 1 is 1.41 bits per heavy atom. The van der Waals surface area contributed by atoms with Gasteiger partial charge in [-0.25, -0.2) is 0 Å². The van der Waals surface area contributed by atoms with E-state index in [4.69, 9.17) is 9.26 Å². The summed E-state index contributed by atoms with van der Waals surface area (Å²) < 4.78 is 10.6. The third kappa shape index (κ3) is 5.07. The first kappa shape index (κ1) is 19.4. The standard InChI is InChI=1S/C20H28N4O3/c1-4-14(2)21-20(25)16-6-5-11-24(12-16)13-18-22-19(23-27-18)15-7-9-17(26-3)10-8-15/h7-10,14,16H,4-6,11-13H2,1-3H3,(H,21,25). The number of carbonyl (C=O) groups is 1. The van der Waals surface area contributed by atoms with Gasteiger partial charge in [-0.3, -0.25) is 9.69 Å². The van der Waals surface area contributed by atoms with Crippen molar-refractivity contribution in [3.05, 3.63) is 30.2 Å². The van der Waals surface area contributed by atoms with Crippen molar-refractivity contribution in [2.75, 3.05) is 20.2 Å². The quantitative estimate of drug-likeness (QED) is 0.805.